The van der Waals surface area contributed by atoms with Crippen LogP contribution in [0.4, 0.5) is 14.9 Å². The Morgan fingerprint density at radius 1 is 0.867 bits per heavy atom. The second kappa shape index (κ2) is 7.52. The molecule has 30 heavy (non-hydrogen) atoms. The van der Waals surface area contributed by atoms with E-state index in [9.17, 15) is 9.18 Å². The van der Waals surface area contributed by atoms with Gasteiger partial charge in [-0.15, -0.1) is 0 Å². The highest BCUT2D eigenvalue weighted by Crippen LogP contribution is 2.36. The summed E-state index contributed by atoms with van der Waals surface area (Å²) in [5.41, 5.74) is 4.62. The molecule has 0 fully saturated rings. The molecule has 0 saturated heterocycles. The summed E-state index contributed by atoms with van der Waals surface area (Å²) in [5.74, 6) is -0.300. The summed E-state index contributed by atoms with van der Waals surface area (Å²) in [6.45, 7) is 0.429. The van der Waals surface area contributed by atoms with Crippen LogP contribution in [0.3, 0.4) is 0 Å². The van der Waals surface area contributed by atoms with E-state index in [0.717, 1.165) is 28.2 Å². The van der Waals surface area contributed by atoms with Crippen LogP contribution in [-0.2, 0) is 6.54 Å². The summed E-state index contributed by atoms with van der Waals surface area (Å²) < 4.78 is 15.7. The number of hydrogen-bond donors (Lipinski definition) is 1. The van der Waals surface area contributed by atoms with E-state index in [1.165, 1.54) is 12.1 Å². The second-order valence-corrected chi connectivity index (χ2v) is 7.31. The normalized spacial score (nSPS) is 15.1. The molecule has 4 aromatic rings. The Kier molecular flexibility index (Phi) is 4.56. The van der Waals surface area contributed by atoms with E-state index in [4.69, 9.17) is 0 Å². The van der Waals surface area contributed by atoms with Crippen LogP contribution in [0.1, 0.15) is 22.9 Å². The first-order valence-corrected chi connectivity index (χ1v) is 9.84. The molecule has 0 unspecified atom stereocenters. The lowest BCUT2D eigenvalue weighted by molar-refractivity contribution is 0.194. The van der Waals surface area contributed by atoms with Crippen LogP contribution in [0.15, 0.2) is 97.2 Å². The highest BCUT2D eigenvalue weighted by atomic mass is 19.1. The van der Waals surface area contributed by atoms with Crippen molar-refractivity contribution in [3.63, 3.8) is 0 Å². The maximum Gasteiger partial charge on any atom is 0.322 e. The Bertz CT molecular complexity index is 1180. The van der Waals surface area contributed by atoms with Gasteiger partial charge in [-0.05, 0) is 53.6 Å². The average molecular weight is 397 g/mol. The van der Waals surface area contributed by atoms with Gasteiger partial charge < -0.3 is 14.8 Å². The Hall–Kier alpha value is -3.86. The first-order chi connectivity index (χ1) is 14.7. The zero-order valence-electron chi connectivity index (χ0n) is 16.2. The van der Waals surface area contributed by atoms with E-state index in [1.807, 2.05) is 66.9 Å². The van der Waals surface area contributed by atoms with E-state index in [0.29, 0.717) is 6.54 Å². The largest absolute Gasteiger partial charge is 0.322 e. The third kappa shape index (κ3) is 3.24. The number of anilines is 1. The molecule has 1 N–H and O–H groups in total. The van der Waals surface area contributed by atoms with Gasteiger partial charge in [0.15, 0.2) is 0 Å². The van der Waals surface area contributed by atoms with Gasteiger partial charge in [-0.2, -0.15) is 0 Å². The van der Waals surface area contributed by atoms with Crippen molar-refractivity contribution in [1.82, 2.24) is 9.47 Å². The molecule has 3 aromatic carbocycles. The molecule has 1 atom stereocenters. The fraction of sp³-hybridized carbons (Fsp3) is 0.0800. The highest BCUT2D eigenvalue weighted by molar-refractivity contribution is 5.90. The van der Waals surface area contributed by atoms with Gasteiger partial charge in [0, 0.05) is 17.6 Å². The van der Waals surface area contributed by atoms with E-state index in [1.54, 1.807) is 17.0 Å². The van der Waals surface area contributed by atoms with Gasteiger partial charge in [0.05, 0.1) is 18.3 Å². The van der Waals surface area contributed by atoms with Gasteiger partial charge in [-0.25, -0.2) is 9.18 Å². The topological polar surface area (TPSA) is 37.3 Å². The smallest absolute Gasteiger partial charge is 0.318 e. The SMILES string of the molecule is O=C(Nc1ccccc1)N1Cc2ccccc2-n2cccc2[C@H]1c1ccc(F)cc1. The number of aromatic nitrogens is 1. The Labute approximate surface area is 174 Å². The van der Waals surface area contributed by atoms with E-state index >= 15 is 0 Å². The average Bonchev–Trinajstić information content (AvgIpc) is 3.20. The van der Waals surface area contributed by atoms with Crippen molar-refractivity contribution in [2.45, 2.75) is 12.6 Å². The molecular formula is C25H20FN3O. The third-order valence-corrected chi connectivity index (χ3v) is 5.44. The summed E-state index contributed by atoms with van der Waals surface area (Å²) in [5, 5.41) is 3.01. The minimum absolute atomic E-state index is 0.208. The number of carbonyl (C=O) groups is 1. The molecule has 2 amide bonds. The lowest BCUT2D eigenvalue weighted by Gasteiger charge is -2.31. The van der Waals surface area contributed by atoms with Crippen molar-refractivity contribution in [2.24, 2.45) is 0 Å². The molecule has 0 saturated carbocycles. The lowest BCUT2D eigenvalue weighted by Crippen LogP contribution is -2.37. The quantitative estimate of drug-likeness (QED) is 0.459. The number of nitrogens with one attached hydrogen (secondary N) is 1. The van der Waals surface area contributed by atoms with Crippen LogP contribution < -0.4 is 5.32 Å². The number of carbonyl (C=O) groups excluding carboxylic acids is 1. The van der Waals surface area contributed by atoms with E-state index < -0.39 is 0 Å². The summed E-state index contributed by atoms with van der Waals surface area (Å²) in [6.07, 6.45) is 2.00. The maximum atomic E-state index is 13.6. The van der Waals surface area contributed by atoms with Gasteiger partial charge >= 0.3 is 6.03 Å². The number of nitrogens with zero attached hydrogens (tertiary/aromatic N) is 2. The molecule has 0 aliphatic carbocycles. The lowest BCUT2D eigenvalue weighted by atomic mass is 10.0. The number of urea groups is 1. The minimum Gasteiger partial charge on any atom is -0.318 e. The van der Waals surface area contributed by atoms with Crippen LogP contribution in [0, 0.1) is 5.82 Å². The van der Waals surface area contributed by atoms with Gasteiger partial charge in [0.2, 0.25) is 0 Å². The summed E-state index contributed by atoms with van der Waals surface area (Å²) in [4.78, 5) is 15.2. The molecular weight excluding hydrogens is 377 g/mol. The third-order valence-electron chi connectivity index (χ3n) is 5.44. The molecule has 0 bridgehead atoms. The zero-order chi connectivity index (χ0) is 20.5. The standard InChI is InChI=1S/C25H20FN3O/c26-20-14-12-18(13-15-20)24-23-11-6-16-28(23)22-10-5-4-7-19(22)17-29(24)25(30)27-21-8-2-1-3-9-21/h1-16,24H,17H2,(H,27,30)/t24-/m1/s1. The van der Waals surface area contributed by atoms with Crippen molar-refractivity contribution in [2.75, 3.05) is 5.32 Å². The first kappa shape index (κ1) is 18.2. The number of amides is 2. The zero-order valence-corrected chi connectivity index (χ0v) is 16.2. The fourth-order valence-electron chi connectivity index (χ4n) is 4.05. The Morgan fingerprint density at radius 3 is 2.40 bits per heavy atom. The van der Waals surface area contributed by atoms with Crippen molar-refractivity contribution >= 4 is 11.7 Å². The molecule has 0 radical (unpaired) electrons. The maximum absolute atomic E-state index is 13.6. The fourth-order valence-corrected chi connectivity index (χ4v) is 4.05. The van der Waals surface area contributed by atoms with Gasteiger partial charge in [0.1, 0.15) is 5.82 Å². The molecule has 4 nitrogen and oxygen atoms in total. The Balaban J connectivity index is 1.64. The van der Waals surface area contributed by atoms with Gasteiger partial charge in [-0.3, -0.25) is 0 Å². The molecule has 2 heterocycles. The van der Waals surface area contributed by atoms with Crippen molar-refractivity contribution in [3.05, 3.63) is 120 Å². The molecule has 1 aliphatic rings. The van der Waals surface area contributed by atoms with Crippen molar-refractivity contribution in [1.29, 1.82) is 0 Å². The van der Waals surface area contributed by atoms with E-state index in [2.05, 4.69) is 16.0 Å². The minimum atomic E-state index is -0.364. The van der Waals surface area contributed by atoms with Gasteiger partial charge in [-0.1, -0.05) is 48.5 Å². The number of halogens is 1. The highest BCUT2D eigenvalue weighted by Gasteiger charge is 2.32. The first-order valence-electron chi connectivity index (χ1n) is 9.84. The van der Waals surface area contributed by atoms with Crippen molar-refractivity contribution in [3.8, 4) is 5.69 Å². The van der Waals surface area contributed by atoms with Crippen molar-refractivity contribution < 1.29 is 9.18 Å². The number of para-hydroxylation sites is 2. The number of rotatable bonds is 2. The number of benzene rings is 3. The monoisotopic (exact) mass is 397 g/mol. The van der Waals surface area contributed by atoms with Crippen LogP contribution in [0.2, 0.25) is 0 Å². The number of fused-ring (bicyclic) bond motifs is 3. The molecule has 148 valence electrons. The molecule has 1 aliphatic heterocycles. The van der Waals surface area contributed by atoms with Crippen LogP contribution in [-0.4, -0.2) is 15.5 Å². The number of hydrogen-bond acceptors (Lipinski definition) is 1. The summed E-state index contributed by atoms with van der Waals surface area (Å²) in [7, 11) is 0. The molecule has 5 heteroatoms. The summed E-state index contributed by atoms with van der Waals surface area (Å²) >= 11 is 0. The predicted octanol–water partition coefficient (Wildman–Crippen LogP) is 5.75. The van der Waals surface area contributed by atoms with Crippen LogP contribution in [0.25, 0.3) is 5.69 Å². The molecule has 1 aromatic heterocycles. The second-order valence-electron chi connectivity index (χ2n) is 7.31. The van der Waals surface area contributed by atoms with E-state index in [-0.39, 0.29) is 17.9 Å². The Morgan fingerprint density at radius 2 is 1.60 bits per heavy atom. The molecule has 0 spiro atoms. The molecule has 5 rings (SSSR count). The predicted molar refractivity (Wildman–Crippen MR) is 115 cm³/mol. The van der Waals surface area contributed by atoms with Crippen LogP contribution in [0.5, 0.6) is 0 Å². The van der Waals surface area contributed by atoms with Gasteiger partial charge in [0.25, 0.3) is 0 Å². The summed E-state index contributed by atoms with van der Waals surface area (Å²) in [6, 6.07) is 27.2. The van der Waals surface area contributed by atoms with Crippen LogP contribution >= 0.6 is 0 Å².